The van der Waals surface area contributed by atoms with Gasteiger partial charge < -0.3 is 19.5 Å². The van der Waals surface area contributed by atoms with Gasteiger partial charge in [0.25, 0.3) is 0 Å². The Morgan fingerprint density at radius 3 is 2.72 bits per heavy atom. The number of carboxylic acids is 1. The van der Waals surface area contributed by atoms with E-state index in [0.29, 0.717) is 0 Å². The lowest BCUT2D eigenvalue weighted by Crippen LogP contribution is -2.33. The molecule has 2 aliphatic heterocycles. The van der Waals surface area contributed by atoms with Crippen LogP contribution in [0.15, 0.2) is 18.2 Å². The molecule has 3 rings (SSSR count). The molecule has 1 aromatic rings. The number of ether oxygens (including phenoxy) is 2. The molecular formula is C20H29NO4. The van der Waals surface area contributed by atoms with Gasteiger partial charge in [-0.15, -0.1) is 0 Å². The van der Waals surface area contributed by atoms with Gasteiger partial charge in [0, 0.05) is 18.5 Å². The summed E-state index contributed by atoms with van der Waals surface area (Å²) in [5, 5.41) is 9.88. The van der Waals surface area contributed by atoms with E-state index in [9.17, 15) is 9.90 Å². The quantitative estimate of drug-likeness (QED) is 0.723. The number of benzene rings is 1. The lowest BCUT2D eigenvalue weighted by atomic mass is 9.83. The van der Waals surface area contributed by atoms with E-state index in [1.54, 1.807) is 0 Å². The maximum atomic E-state index is 12.0. The zero-order valence-corrected chi connectivity index (χ0v) is 15.2. The number of carbonyl (C=O) groups is 1. The number of rotatable bonds is 8. The van der Waals surface area contributed by atoms with Crippen LogP contribution in [0.4, 0.5) is 0 Å². The summed E-state index contributed by atoms with van der Waals surface area (Å²) >= 11 is 0. The average Bonchev–Trinajstić information content (AvgIpc) is 3.18. The molecule has 3 unspecified atom stereocenters. The van der Waals surface area contributed by atoms with E-state index in [0.717, 1.165) is 36.4 Å². The molecule has 138 valence electrons. The largest absolute Gasteiger partial charge is 0.481 e. The van der Waals surface area contributed by atoms with E-state index in [4.69, 9.17) is 9.47 Å². The Bertz CT molecular complexity index is 603. The number of likely N-dealkylation sites (tertiary alicyclic amines) is 1. The molecule has 2 heterocycles. The van der Waals surface area contributed by atoms with Crippen molar-refractivity contribution in [2.45, 2.75) is 57.4 Å². The minimum Gasteiger partial charge on any atom is -0.481 e. The van der Waals surface area contributed by atoms with Gasteiger partial charge in [0.15, 0.2) is 11.5 Å². The third kappa shape index (κ3) is 3.92. The van der Waals surface area contributed by atoms with Gasteiger partial charge >= 0.3 is 5.97 Å². The maximum Gasteiger partial charge on any atom is 0.308 e. The van der Waals surface area contributed by atoms with Gasteiger partial charge in [-0.25, -0.2) is 0 Å². The molecule has 2 aliphatic rings. The van der Waals surface area contributed by atoms with Gasteiger partial charge in [0.1, 0.15) is 0 Å². The Morgan fingerprint density at radius 2 is 1.96 bits per heavy atom. The molecule has 1 saturated heterocycles. The monoisotopic (exact) mass is 347 g/mol. The summed E-state index contributed by atoms with van der Waals surface area (Å²) in [6.45, 7) is 3.23. The number of aliphatic carboxylic acids is 1. The van der Waals surface area contributed by atoms with Crippen molar-refractivity contribution in [3.8, 4) is 11.5 Å². The van der Waals surface area contributed by atoms with Gasteiger partial charge in [-0.1, -0.05) is 45.1 Å². The Hall–Kier alpha value is -1.75. The standard InChI is InChI=1S/C20H29NO4/c1-3-4-5-6-7-8-16-19(20(22)23)15(12-21(16)2)14-9-10-17-18(11-14)25-13-24-17/h9-11,15-16,19H,3-8,12-13H2,1-2H3,(H,22,23). The summed E-state index contributed by atoms with van der Waals surface area (Å²) in [5.74, 6) is 0.418. The molecule has 1 fully saturated rings. The molecule has 25 heavy (non-hydrogen) atoms. The van der Waals surface area contributed by atoms with Crippen LogP contribution in [0.2, 0.25) is 0 Å². The Labute approximate surface area is 149 Å². The molecule has 0 bridgehead atoms. The fraction of sp³-hybridized carbons (Fsp3) is 0.650. The van der Waals surface area contributed by atoms with Crippen LogP contribution in [0, 0.1) is 5.92 Å². The van der Waals surface area contributed by atoms with E-state index in [2.05, 4.69) is 18.9 Å². The van der Waals surface area contributed by atoms with Crippen molar-refractivity contribution in [1.82, 2.24) is 4.90 Å². The lowest BCUT2D eigenvalue weighted by Gasteiger charge is -2.23. The molecular weight excluding hydrogens is 318 g/mol. The molecule has 0 aromatic heterocycles. The van der Waals surface area contributed by atoms with Gasteiger partial charge in [-0.05, 0) is 31.2 Å². The van der Waals surface area contributed by atoms with Crippen molar-refractivity contribution in [2.75, 3.05) is 20.4 Å². The number of fused-ring (bicyclic) bond motifs is 1. The molecule has 0 saturated carbocycles. The zero-order chi connectivity index (χ0) is 17.8. The second kappa shape index (κ2) is 8.09. The molecule has 1 aromatic carbocycles. The Balaban J connectivity index is 1.70. The summed E-state index contributed by atoms with van der Waals surface area (Å²) in [5.41, 5.74) is 1.04. The second-order valence-electron chi connectivity index (χ2n) is 7.29. The van der Waals surface area contributed by atoms with Crippen molar-refractivity contribution in [3.05, 3.63) is 23.8 Å². The van der Waals surface area contributed by atoms with Crippen LogP contribution in [0.3, 0.4) is 0 Å². The van der Waals surface area contributed by atoms with Crippen LogP contribution in [0.5, 0.6) is 11.5 Å². The topological polar surface area (TPSA) is 59.0 Å². The van der Waals surface area contributed by atoms with E-state index in [1.807, 2.05) is 18.2 Å². The molecule has 0 radical (unpaired) electrons. The minimum atomic E-state index is -0.689. The molecule has 3 atom stereocenters. The lowest BCUT2D eigenvalue weighted by molar-refractivity contribution is -0.143. The first kappa shape index (κ1) is 18.1. The van der Waals surface area contributed by atoms with Crippen LogP contribution < -0.4 is 9.47 Å². The SMILES string of the molecule is CCCCCCCC1C(C(=O)O)C(c2ccc3c(c2)OCO3)CN1C. The van der Waals surface area contributed by atoms with Crippen LogP contribution in [0.1, 0.15) is 56.9 Å². The number of likely N-dealkylation sites (N-methyl/N-ethyl adjacent to an activating group) is 1. The van der Waals surface area contributed by atoms with Gasteiger partial charge in [0.2, 0.25) is 6.79 Å². The number of nitrogens with zero attached hydrogens (tertiary/aromatic N) is 1. The zero-order valence-electron chi connectivity index (χ0n) is 15.2. The molecule has 0 amide bonds. The van der Waals surface area contributed by atoms with E-state index in [-0.39, 0.29) is 24.7 Å². The first-order valence-electron chi connectivity index (χ1n) is 9.44. The summed E-state index contributed by atoms with van der Waals surface area (Å²) in [6.07, 6.45) is 7.00. The number of unbranched alkanes of at least 4 members (excludes halogenated alkanes) is 4. The number of hydrogen-bond acceptors (Lipinski definition) is 4. The normalized spacial score (nSPS) is 25.4. The first-order valence-corrected chi connectivity index (χ1v) is 9.44. The van der Waals surface area contributed by atoms with Gasteiger partial charge in [-0.3, -0.25) is 4.79 Å². The summed E-state index contributed by atoms with van der Waals surface area (Å²) in [7, 11) is 2.06. The molecule has 0 aliphatic carbocycles. The highest BCUT2D eigenvalue weighted by Gasteiger charge is 2.44. The highest BCUT2D eigenvalue weighted by Crippen LogP contribution is 2.42. The summed E-state index contributed by atoms with van der Waals surface area (Å²) in [4.78, 5) is 14.3. The number of carboxylic acid groups (broad SMARTS) is 1. The van der Waals surface area contributed by atoms with Crippen molar-refractivity contribution < 1.29 is 19.4 Å². The van der Waals surface area contributed by atoms with E-state index in [1.165, 1.54) is 25.7 Å². The predicted octanol–water partition coefficient (Wildman–Crippen LogP) is 3.87. The van der Waals surface area contributed by atoms with Gasteiger partial charge in [-0.2, -0.15) is 0 Å². The van der Waals surface area contributed by atoms with Crippen LogP contribution >= 0.6 is 0 Å². The average molecular weight is 347 g/mol. The fourth-order valence-electron chi connectivity index (χ4n) is 4.25. The third-order valence-corrected chi connectivity index (χ3v) is 5.61. The highest BCUT2D eigenvalue weighted by atomic mass is 16.7. The second-order valence-corrected chi connectivity index (χ2v) is 7.29. The summed E-state index contributed by atoms with van der Waals surface area (Å²) in [6, 6.07) is 5.95. The van der Waals surface area contributed by atoms with Crippen molar-refractivity contribution in [2.24, 2.45) is 5.92 Å². The number of hydrogen-bond donors (Lipinski definition) is 1. The van der Waals surface area contributed by atoms with E-state index < -0.39 is 5.97 Å². The summed E-state index contributed by atoms with van der Waals surface area (Å²) < 4.78 is 10.8. The van der Waals surface area contributed by atoms with Crippen LogP contribution in [0.25, 0.3) is 0 Å². The Kier molecular flexibility index (Phi) is 5.84. The molecule has 5 nitrogen and oxygen atoms in total. The van der Waals surface area contributed by atoms with Crippen LogP contribution in [-0.2, 0) is 4.79 Å². The Morgan fingerprint density at radius 1 is 1.20 bits per heavy atom. The van der Waals surface area contributed by atoms with Crippen LogP contribution in [-0.4, -0.2) is 42.4 Å². The third-order valence-electron chi connectivity index (χ3n) is 5.61. The van der Waals surface area contributed by atoms with Crippen molar-refractivity contribution >= 4 is 5.97 Å². The van der Waals surface area contributed by atoms with E-state index >= 15 is 0 Å². The minimum absolute atomic E-state index is 0.00218. The molecule has 0 spiro atoms. The highest BCUT2D eigenvalue weighted by molar-refractivity contribution is 5.73. The maximum absolute atomic E-state index is 12.0. The smallest absolute Gasteiger partial charge is 0.308 e. The van der Waals surface area contributed by atoms with Crippen molar-refractivity contribution in [1.29, 1.82) is 0 Å². The molecule has 5 heteroatoms. The molecule has 1 N–H and O–H groups in total. The predicted molar refractivity (Wildman–Crippen MR) is 96.2 cm³/mol. The fourth-order valence-corrected chi connectivity index (χ4v) is 4.25. The first-order chi connectivity index (χ1) is 12.1. The van der Waals surface area contributed by atoms with Crippen molar-refractivity contribution in [3.63, 3.8) is 0 Å². The van der Waals surface area contributed by atoms with Gasteiger partial charge in [0.05, 0.1) is 5.92 Å².